The first-order chi connectivity index (χ1) is 13.5. The van der Waals surface area contributed by atoms with Crippen molar-refractivity contribution >= 4 is 17.4 Å². The summed E-state index contributed by atoms with van der Waals surface area (Å²) in [5.74, 6) is 0. The Hall–Kier alpha value is -3.73. The first kappa shape index (κ1) is 17.7. The maximum Gasteiger partial charge on any atom is 0.285 e. The molecule has 0 spiro atoms. The lowest BCUT2D eigenvalue weighted by Gasteiger charge is -2.02. The highest BCUT2D eigenvalue weighted by atomic mass is 32.2. The highest BCUT2D eigenvalue weighted by molar-refractivity contribution is 7.99. The number of nitrogens with zero attached hydrogens (tertiary/aromatic N) is 6. The fraction of sp³-hybridized carbons (Fsp3) is 0.0588. The number of nitrogens with one attached hydrogen (secondary N) is 1. The fourth-order valence-electron chi connectivity index (χ4n) is 2.64. The Morgan fingerprint density at radius 1 is 1.11 bits per heavy atom. The van der Waals surface area contributed by atoms with E-state index in [4.69, 9.17) is 0 Å². The monoisotopic (exact) mass is 395 g/mol. The van der Waals surface area contributed by atoms with E-state index >= 15 is 0 Å². The molecule has 4 aromatic rings. The van der Waals surface area contributed by atoms with Crippen molar-refractivity contribution in [2.24, 2.45) is 0 Å². The van der Waals surface area contributed by atoms with Gasteiger partial charge in [0.25, 0.3) is 11.2 Å². The first-order valence-corrected chi connectivity index (χ1v) is 8.94. The quantitative estimate of drug-likeness (QED) is 0.406. The molecule has 0 amide bonds. The van der Waals surface area contributed by atoms with Crippen LogP contribution in [0.25, 0.3) is 11.4 Å². The van der Waals surface area contributed by atoms with Crippen molar-refractivity contribution < 1.29 is 4.92 Å². The van der Waals surface area contributed by atoms with E-state index in [1.54, 1.807) is 13.0 Å². The normalized spacial score (nSPS) is 10.9. The second-order valence-electron chi connectivity index (χ2n) is 5.79. The molecule has 0 saturated carbocycles. The number of benzene rings is 2. The molecule has 11 heteroatoms. The number of para-hydroxylation sites is 1. The number of aromatic nitrogens is 6. The van der Waals surface area contributed by atoms with Gasteiger partial charge in [0.15, 0.2) is 0 Å². The van der Waals surface area contributed by atoms with Crippen LogP contribution >= 0.6 is 11.8 Å². The lowest BCUT2D eigenvalue weighted by Crippen LogP contribution is -2.15. The van der Waals surface area contributed by atoms with Crippen molar-refractivity contribution in [1.82, 2.24) is 30.0 Å². The zero-order chi connectivity index (χ0) is 19.7. The summed E-state index contributed by atoms with van der Waals surface area (Å²) in [4.78, 5) is 23.8. The van der Waals surface area contributed by atoms with Crippen LogP contribution in [0.4, 0.5) is 5.69 Å². The number of nitro benzene ring substituents is 1. The molecular weight excluding hydrogens is 382 g/mol. The number of aromatic amines is 1. The zero-order valence-electron chi connectivity index (χ0n) is 14.5. The summed E-state index contributed by atoms with van der Waals surface area (Å²) in [7, 11) is 0. The van der Waals surface area contributed by atoms with Crippen LogP contribution in [0.3, 0.4) is 0 Å². The third-order valence-electron chi connectivity index (χ3n) is 3.95. The lowest BCUT2D eigenvalue weighted by atomic mass is 10.3. The number of tetrazole rings is 1. The summed E-state index contributed by atoms with van der Waals surface area (Å²) in [6.07, 6.45) is 0. The molecule has 0 aliphatic heterocycles. The van der Waals surface area contributed by atoms with Gasteiger partial charge >= 0.3 is 0 Å². The van der Waals surface area contributed by atoms with Gasteiger partial charge in [-0.05, 0) is 47.3 Å². The second-order valence-corrected chi connectivity index (χ2v) is 6.77. The molecular formula is C17H13N7O3S. The maximum atomic E-state index is 12.9. The van der Waals surface area contributed by atoms with E-state index in [9.17, 15) is 14.9 Å². The molecule has 140 valence electrons. The Morgan fingerprint density at radius 3 is 2.61 bits per heavy atom. The molecule has 2 heterocycles. The van der Waals surface area contributed by atoms with Gasteiger partial charge in [0.2, 0.25) is 5.16 Å². The predicted molar refractivity (Wildman–Crippen MR) is 101 cm³/mol. The SMILES string of the molecule is Cc1[nH]n(-c2cccc([N+](=O)[O-])c2)c(=O)c1Sc1nnnn1-c1ccccc1. The predicted octanol–water partition coefficient (Wildman–Crippen LogP) is 2.51. The number of nitro groups is 1. The van der Waals surface area contributed by atoms with Gasteiger partial charge in [-0.25, -0.2) is 4.68 Å². The molecule has 0 atom stereocenters. The molecule has 1 N–H and O–H groups in total. The van der Waals surface area contributed by atoms with E-state index in [0.717, 1.165) is 17.4 Å². The average Bonchev–Trinajstić information content (AvgIpc) is 3.29. The standard InChI is InChI=1S/C17H13N7O3S/c1-11-15(28-17-18-20-21-23(17)12-6-3-2-4-7-12)16(25)22(19-11)13-8-5-9-14(10-13)24(26)27/h2-10,19H,1H3. The molecule has 0 fully saturated rings. The molecule has 0 saturated heterocycles. The maximum absolute atomic E-state index is 12.9. The van der Waals surface area contributed by atoms with Crippen LogP contribution in [-0.4, -0.2) is 34.9 Å². The molecule has 10 nitrogen and oxygen atoms in total. The zero-order valence-corrected chi connectivity index (χ0v) is 15.3. The highest BCUT2D eigenvalue weighted by Gasteiger charge is 2.19. The third-order valence-corrected chi connectivity index (χ3v) is 5.07. The van der Waals surface area contributed by atoms with Crippen LogP contribution in [0.5, 0.6) is 0 Å². The van der Waals surface area contributed by atoms with Gasteiger partial charge in [-0.3, -0.25) is 20.0 Å². The van der Waals surface area contributed by atoms with Gasteiger partial charge in [0, 0.05) is 17.8 Å². The van der Waals surface area contributed by atoms with Crippen molar-refractivity contribution in [3.8, 4) is 11.4 Å². The minimum atomic E-state index is -0.506. The van der Waals surface area contributed by atoms with Crippen LogP contribution in [0.15, 0.2) is 69.4 Å². The summed E-state index contributed by atoms with van der Waals surface area (Å²) in [5, 5.41) is 26.1. The van der Waals surface area contributed by atoms with Crippen LogP contribution in [-0.2, 0) is 0 Å². The van der Waals surface area contributed by atoms with Gasteiger partial charge < -0.3 is 0 Å². The molecule has 0 radical (unpaired) electrons. The Kier molecular flexibility index (Phi) is 4.49. The van der Waals surface area contributed by atoms with Crippen molar-refractivity contribution in [3.05, 3.63) is 80.8 Å². The summed E-state index contributed by atoms with van der Waals surface area (Å²) >= 11 is 1.12. The fourth-order valence-corrected chi connectivity index (χ4v) is 3.51. The Morgan fingerprint density at radius 2 is 1.86 bits per heavy atom. The highest BCUT2D eigenvalue weighted by Crippen LogP contribution is 2.27. The van der Waals surface area contributed by atoms with Gasteiger partial charge in [0.05, 0.1) is 16.3 Å². The Balaban J connectivity index is 1.73. The van der Waals surface area contributed by atoms with E-state index in [-0.39, 0.29) is 11.2 Å². The lowest BCUT2D eigenvalue weighted by molar-refractivity contribution is -0.384. The van der Waals surface area contributed by atoms with Gasteiger partial charge in [-0.15, -0.1) is 5.10 Å². The third kappa shape index (κ3) is 3.18. The number of aryl methyl sites for hydroxylation is 1. The van der Waals surface area contributed by atoms with E-state index in [1.807, 2.05) is 30.3 Å². The molecule has 0 aliphatic rings. The van der Waals surface area contributed by atoms with Gasteiger partial charge in [0.1, 0.15) is 4.90 Å². The number of hydrogen-bond acceptors (Lipinski definition) is 7. The molecule has 0 bridgehead atoms. The van der Waals surface area contributed by atoms with Crippen LogP contribution in [0.1, 0.15) is 5.69 Å². The van der Waals surface area contributed by atoms with Gasteiger partial charge in [-0.2, -0.15) is 4.68 Å². The van der Waals surface area contributed by atoms with Crippen molar-refractivity contribution in [2.45, 2.75) is 17.0 Å². The molecule has 0 aliphatic carbocycles. The Bertz CT molecular complexity index is 1210. The van der Waals surface area contributed by atoms with Crippen LogP contribution in [0.2, 0.25) is 0 Å². The summed E-state index contributed by atoms with van der Waals surface area (Å²) in [6.45, 7) is 1.74. The summed E-state index contributed by atoms with van der Waals surface area (Å²) < 4.78 is 2.80. The van der Waals surface area contributed by atoms with E-state index < -0.39 is 4.92 Å². The molecule has 4 rings (SSSR count). The number of hydrogen-bond donors (Lipinski definition) is 1. The van der Waals surface area contributed by atoms with Crippen molar-refractivity contribution in [2.75, 3.05) is 0 Å². The van der Waals surface area contributed by atoms with E-state index in [1.165, 1.54) is 27.6 Å². The molecule has 2 aromatic heterocycles. The minimum Gasteiger partial charge on any atom is -0.294 e. The van der Waals surface area contributed by atoms with Crippen LogP contribution in [0, 0.1) is 17.0 Å². The largest absolute Gasteiger partial charge is 0.294 e. The molecule has 28 heavy (non-hydrogen) atoms. The summed E-state index contributed by atoms with van der Waals surface area (Å²) in [6, 6.07) is 15.2. The number of H-pyrrole nitrogens is 1. The van der Waals surface area contributed by atoms with Crippen molar-refractivity contribution in [1.29, 1.82) is 0 Å². The van der Waals surface area contributed by atoms with Gasteiger partial charge in [-0.1, -0.05) is 24.3 Å². The van der Waals surface area contributed by atoms with E-state index in [2.05, 4.69) is 20.6 Å². The molecule has 0 unspecified atom stereocenters. The number of rotatable bonds is 5. The first-order valence-electron chi connectivity index (χ1n) is 8.12. The molecule has 2 aromatic carbocycles. The second kappa shape index (κ2) is 7.12. The topological polar surface area (TPSA) is 125 Å². The number of non-ortho nitro benzene ring substituents is 1. The van der Waals surface area contributed by atoms with Crippen LogP contribution < -0.4 is 5.56 Å². The minimum absolute atomic E-state index is 0.0983. The smallest absolute Gasteiger partial charge is 0.285 e. The van der Waals surface area contributed by atoms with E-state index in [0.29, 0.717) is 21.4 Å². The Labute approximate surface area is 161 Å². The average molecular weight is 395 g/mol. The van der Waals surface area contributed by atoms with Crippen molar-refractivity contribution in [3.63, 3.8) is 0 Å². The summed E-state index contributed by atoms with van der Waals surface area (Å²) in [5.41, 5.74) is 1.30.